The summed E-state index contributed by atoms with van der Waals surface area (Å²) in [5, 5.41) is 0. The average molecular weight is 154 g/mol. The number of hydrogen-bond acceptors (Lipinski definition) is 1. The zero-order valence-electron chi connectivity index (χ0n) is 7.64. The van der Waals surface area contributed by atoms with Gasteiger partial charge in [0.15, 0.2) is 0 Å². The molecule has 0 aromatic heterocycles. The van der Waals surface area contributed by atoms with Gasteiger partial charge >= 0.3 is 0 Å². The third-order valence-corrected chi connectivity index (χ3v) is 2.33. The van der Waals surface area contributed by atoms with Gasteiger partial charge in [-0.05, 0) is 19.8 Å². The minimum Gasteiger partial charge on any atom is -0.361 e. The summed E-state index contributed by atoms with van der Waals surface area (Å²) in [5.74, 6) is 1.31. The molecule has 0 bridgehead atoms. The SMILES string of the molecule is CCN1CCCCCC1=NC. The van der Waals surface area contributed by atoms with Crippen LogP contribution < -0.4 is 0 Å². The molecule has 0 amide bonds. The van der Waals surface area contributed by atoms with Gasteiger partial charge in [0, 0.05) is 26.6 Å². The predicted octanol–water partition coefficient (Wildman–Crippen LogP) is 1.91. The molecule has 1 aliphatic heterocycles. The summed E-state index contributed by atoms with van der Waals surface area (Å²) >= 11 is 0. The number of amidine groups is 1. The lowest BCUT2D eigenvalue weighted by atomic mass is 10.2. The van der Waals surface area contributed by atoms with Crippen LogP contribution in [0.25, 0.3) is 0 Å². The van der Waals surface area contributed by atoms with Crippen molar-refractivity contribution < 1.29 is 0 Å². The predicted molar refractivity (Wildman–Crippen MR) is 49.1 cm³/mol. The van der Waals surface area contributed by atoms with E-state index >= 15 is 0 Å². The van der Waals surface area contributed by atoms with E-state index in [0.29, 0.717) is 0 Å². The van der Waals surface area contributed by atoms with E-state index in [4.69, 9.17) is 0 Å². The molecule has 64 valence electrons. The van der Waals surface area contributed by atoms with Gasteiger partial charge in [-0.1, -0.05) is 6.42 Å². The molecule has 0 radical (unpaired) electrons. The first-order valence-electron chi connectivity index (χ1n) is 4.59. The van der Waals surface area contributed by atoms with E-state index in [-0.39, 0.29) is 0 Å². The Labute approximate surface area is 69.3 Å². The molecule has 1 heterocycles. The van der Waals surface area contributed by atoms with E-state index < -0.39 is 0 Å². The molecule has 0 spiro atoms. The quantitative estimate of drug-likeness (QED) is 0.563. The number of aliphatic imine (C=N–C) groups is 1. The number of hydrogen-bond donors (Lipinski definition) is 0. The summed E-state index contributed by atoms with van der Waals surface area (Å²) in [7, 11) is 1.91. The first-order chi connectivity index (χ1) is 5.38. The smallest absolute Gasteiger partial charge is 0.0985 e. The molecule has 1 saturated heterocycles. The Bertz CT molecular complexity index is 140. The van der Waals surface area contributed by atoms with Crippen LogP contribution in [0.2, 0.25) is 0 Å². The lowest BCUT2D eigenvalue weighted by molar-refractivity contribution is 0.435. The fourth-order valence-electron chi connectivity index (χ4n) is 1.64. The van der Waals surface area contributed by atoms with Crippen LogP contribution in [-0.2, 0) is 0 Å². The summed E-state index contributed by atoms with van der Waals surface area (Å²) < 4.78 is 0. The molecule has 0 N–H and O–H groups in total. The molecule has 0 saturated carbocycles. The van der Waals surface area contributed by atoms with Gasteiger partial charge in [0.25, 0.3) is 0 Å². The van der Waals surface area contributed by atoms with Crippen molar-refractivity contribution in [3.05, 3.63) is 0 Å². The van der Waals surface area contributed by atoms with E-state index in [9.17, 15) is 0 Å². The molecule has 0 aromatic carbocycles. The Hall–Kier alpha value is -0.530. The van der Waals surface area contributed by atoms with Crippen molar-refractivity contribution in [3.63, 3.8) is 0 Å². The van der Waals surface area contributed by atoms with Gasteiger partial charge in [0.1, 0.15) is 0 Å². The monoisotopic (exact) mass is 154 g/mol. The molecule has 0 atom stereocenters. The topological polar surface area (TPSA) is 15.6 Å². The van der Waals surface area contributed by atoms with E-state index in [1.165, 1.54) is 38.1 Å². The van der Waals surface area contributed by atoms with Crippen LogP contribution in [0.5, 0.6) is 0 Å². The van der Waals surface area contributed by atoms with Crippen molar-refractivity contribution in [2.45, 2.75) is 32.6 Å². The summed E-state index contributed by atoms with van der Waals surface area (Å²) in [4.78, 5) is 6.70. The Morgan fingerprint density at radius 1 is 1.36 bits per heavy atom. The van der Waals surface area contributed by atoms with Gasteiger partial charge in [-0.3, -0.25) is 4.99 Å². The highest BCUT2D eigenvalue weighted by molar-refractivity contribution is 5.82. The maximum atomic E-state index is 4.30. The van der Waals surface area contributed by atoms with Crippen LogP contribution >= 0.6 is 0 Å². The Kier molecular flexibility index (Phi) is 3.40. The number of nitrogens with zero attached hydrogens (tertiary/aromatic N) is 2. The van der Waals surface area contributed by atoms with Crippen LogP contribution in [0.1, 0.15) is 32.6 Å². The zero-order chi connectivity index (χ0) is 8.10. The second-order valence-corrected chi connectivity index (χ2v) is 3.03. The highest BCUT2D eigenvalue weighted by atomic mass is 15.2. The van der Waals surface area contributed by atoms with Crippen LogP contribution in [0.15, 0.2) is 4.99 Å². The Balaban J connectivity index is 2.55. The van der Waals surface area contributed by atoms with Gasteiger partial charge in [0.05, 0.1) is 5.84 Å². The largest absolute Gasteiger partial charge is 0.361 e. The molecular formula is C9H18N2. The second kappa shape index (κ2) is 4.37. The first kappa shape index (κ1) is 8.57. The third-order valence-electron chi connectivity index (χ3n) is 2.33. The molecule has 1 aliphatic rings. The third kappa shape index (κ3) is 2.21. The van der Waals surface area contributed by atoms with Crippen LogP contribution in [0.3, 0.4) is 0 Å². The maximum Gasteiger partial charge on any atom is 0.0985 e. The molecule has 0 unspecified atom stereocenters. The van der Waals surface area contributed by atoms with Crippen LogP contribution in [0.4, 0.5) is 0 Å². The van der Waals surface area contributed by atoms with Gasteiger partial charge in [-0.15, -0.1) is 0 Å². The highest BCUT2D eigenvalue weighted by Crippen LogP contribution is 2.11. The molecule has 0 aromatic rings. The van der Waals surface area contributed by atoms with Gasteiger partial charge < -0.3 is 4.90 Å². The van der Waals surface area contributed by atoms with Gasteiger partial charge in [-0.2, -0.15) is 0 Å². The van der Waals surface area contributed by atoms with E-state index in [2.05, 4.69) is 16.8 Å². The molecule has 1 rings (SSSR count). The average Bonchev–Trinajstić information content (AvgIpc) is 2.27. The standard InChI is InChI=1S/C9H18N2/c1-3-11-8-6-4-5-7-9(11)10-2/h3-8H2,1-2H3. The Morgan fingerprint density at radius 3 is 2.82 bits per heavy atom. The van der Waals surface area contributed by atoms with Crippen molar-refractivity contribution in [2.24, 2.45) is 4.99 Å². The lowest BCUT2D eigenvalue weighted by Gasteiger charge is -2.21. The van der Waals surface area contributed by atoms with Crippen LogP contribution in [-0.4, -0.2) is 30.9 Å². The number of likely N-dealkylation sites (tertiary alicyclic amines) is 1. The van der Waals surface area contributed by atoms with Crippen molar-refractivity contribution in [3.8, 4) is 0 Å². The van der Waals surface area contributed by atoms with Gasteiger partial charge in [0.2, 0.25) is 0 Å². The number of rotatable bonds is 1. The lowest BCUT2D eigenvalue weighted by Crippen LogP contribution is -2.30. The summed E-state index contributed by atoms with van der Waals surface area (Å²) in [5.41, 5.74) is 0. The minimum absolute atomic E-state index is 1.12. The fourth-order valence-corrected chi connectivity index (χ4v) is 1.64. The molecule has 11 heavy (non-hydrogen) atoms. The van der Waals surface area contributed by atoms with Crippen molar-refractivity contribution in [1.82, 2.24) is 4.90 Å². The zero-order valence-corrected chi connectivity index (χ0v) is 7.64. The van der Waals surface area contributed by atoms with Crippen molar-refractivity contribution in [2.75, 3.05) is 20.1 Å². The van der Waals surface area contributed by atoms with Crippen LogP contribution in [0, 0.1) is 0 Å². The van der Waals surface area contributed by atoms with Gasteiger partial charge in [-0.25, -0.2) is 0 Å². The van der Waals surface area contributed by atoms with Crippen molar-refractivity contribution >= 4 is 5.84 Å². The normalized spacial score (nSPS) is 23.8. The Morgan fingerprint density at radius 2 is 2.18 bits per heavy atom. The molecule has 2 nitrogen and oxygen atoms in total. The molecule has 1 fully saturated rings. The summed E-state index contributed by atoms with van der Waals surface area (Å²) in [6.07, 6.45) is 5.22. The highest BCUT2D eigenvalue weighted by Gasteiger charge is 2.11. The van der Waals surface area contributed by atoms with E-state index in [0.717, 1.165) is 6.54 Å². The van der Waals surface area contributed by atoms with E-state index in [1.54, 1.807) is 0 Å². The summed E-state index contributed by atoms with van der Waals surface area (Å²) in [6.45, 7) is 4.53. The molecule has 0 aliphatic carbocycles. The maximum absolute atomic E-state index is 4.30. The fraction of sp³-hybridized carbons (Fsp3) is 0.889. The molecular weight excluding hydrogens is 136 g/mol. The van der Waals surface area contributed by atoms with Crippen molar-refractivity contribution in [1.29, 1.82) is 0 Å². The van der Waals surface area contributed by atoms with E-state index in [1.807, 2.05) is 7.05 Å². The summed E-state index contributed by atoms with van der Waals surface area (Å²) in [6, 6.07) is 0. The first-order valence-corrected chi connectivity index (χ1v) is 4.59. The minimum atomic E-state index is 1.12. The second-order valence-electron chi connectivity index (χ2n) is 3.03. The molecule has 2 heteroatoms.